The molecule has 1 amide bonds. The van der Waals surface area contributed by atoms with Crippen molar-refractivity contribution in [2.24, 2.45) is 0 Å². The molecule has 0 bridgehead atoms. The number of amides is 1. The summed E-state index contributed by atoms with van der Waals surface area (Å²) >= 11 is 1.48. The molecule has 0 aliphatic carbocycles. The SMILES string of the molecule is O=C(Cc1cscn1)Nc1cccc2cn[nH]c12. The zero-order valence-corrected chi connectivity index (χ0v) is 10.2. The van der Waals surface area contributed by atoms with Crippen molar-refractivity contribution in [1.29, 1.82) is 0 Å². The molecule has 3 rings (SSSR count). The fourth-order valence-corrected chi connectivity index (χ4v) is 2.32. The molecule has 0 aliphatic rings. The standard InChI is InChI=1S/C12H10N4OS/c17-11(4-9-6-18-7-13-9)15-10-3-1-2-8-5-14-16-12(8)10/h1-3,5-7H,4H2,(H,14,16)(H,15,17). The first kappa shape index (κ1) is 10.9. The number of hydrogen-bond acceptors (Lipinski definition) is 4. The Kier molecular flexibility index (Phi) is 2.77. The highest BCUT2D eigenvalue weighted by molar-refractivity contribution is 7.07. The minimum atomic E-state index is -0.0806. The molecule has 0 fully saturated rings. The average Bonchev–Trinajstić information content (AvgIpc) is 2.99. The van der Waals surface area contributed by atoms with Gasteiger partial charge in [0.05, 0.1) is 35.0 Å². The van der Waals surface area contributed by atoms with Gasteiger partial charge in [-0.2, -0.15) is 5.10 Å². The second kappa shape index (κ2) is 4.58. The summed E-state index contributed by atoms with van der Waals surface area (Å²) in [5.74, 6) is -0.0806. The summed E-state index contributed by atoms with van der Waals surface area (Å²) in [7, 11) is 0. The van der Waals surface area contributed by atoms with Crippen LogP contribution in [0.1, 0.15) is 5.69 Å². The van der Waals surface area contributed by atoms with Crippen molar-refractivity contribution in [3.63, 3.8) is 0 Å². The van der Waals surface area contributed by atoms with E-state index in [-0.39, 0.29) is 12.3 Å². The van der Waals surface area contributed by atoms with Crippen LogP contribution < -0.4 is 5.32 Å². The van der Waals surface area contributed by atoms with Crippen LogP contribution in [0.3, 0.4) is 0 Å². The third-order valence-electron chi connectivity index (χ3n) is 2.58. The molecule has 0 atom stereocenters. The van der Waals surface area contributed by atoms with Gasteiger partial charge in [0.25, 0.3) is 0 Å². The van der Waals surface area contributed by atoms with Crippen LogP contribution in [0.4, 0.5) is 5.69 Å². The van der Waals surface area contributed by atoms with Crippen LogP contribution in [0, 0.1) is 0 Å². The number of rotatable bonds is 3. The van der Waals surface area contributed by atoms with Crippen molar-refractivity contribution < 1.29 is 4.79 Å². The van der Waals surface area contributed by atoms with E-state index in [0.29, 0.717) is 0 Å². The molecule has 0 aliphatic heterocycles. The van der Waals surface area contributed by atoms with Gasteiger partial charge in [-0.1, -0.05) is 12.1 Å². The van der Waals surface area contributed by atoms with E-state index in [1.807, 2.05) is 23.6 Å². The predicted molar refractivity (Wildman–Crippen MR) is 70.5 cm³/mol. The van der Waals surface area contributed by atoms with Crippen molar-refractivity contribution in [1.82, 2.24) is 15.2 Å². The molecular weight excluding hydrogens is 248 g/mol. The number of thiazole rings is 1. The topological polar surface area (TPSA) is 70.7 Å². The number of carbonyl (C=O) groups is 1. The van der Waals surface area contributed by atoms with Gasteiger partial charge in [-0.25, -0.2) is 4.98 Å². The van der Waals surface area contributed by atoms with E-state index in [1.165, 1.54) is 11.3 Å². The molecule has 2 aromatic heterocycles. The molecule has 0 radical (unpaired) electrons. The molecule has 0 spiro atoms. The Morgan fingerprint density at radius 2 is 2.39 bits per heavy atom. The van der Waals surface area contributed by atoms with Gasteiger partial charge in [-0.15, -0.1) is 11.3 Å². The number of aromatic amines is 1. The molecule has 1 aromatic carbocycles. The lowest BCUT2D eigenvalue weighted by atomic mass is 10.2. The van der Waals surface area contributed by atoms with Crippen LogP contribution >= 0.6 is 11.3 Å². The Labute approximate surface area is 107 Å². The summed E-state index contributed by atoms with van der Waals surface area (Å²) in [5.41, 5.74) is 4.08. The quantitative estimate of drug-likeness (QED) is 0.756. The monoisotopic (exact) mass is 258 g/mol. The van der Waals surface area contributed by atoms with Crippen LogP contribution in [0.15, 0.2) is 35.3 Å². The number of aromatic nitrogens is 3. The fourth-order valence-electron chi connectivity index (χ4n) is 1.76. The van der Waals surface area contributed by atoms with Gasteiger partial charge in [-0.05, 0) is 6.07 Å². The van der Waals surface area contributed by atoms with E-state index in [2.05, 4.69) is 20.5 Å². The number of nitrogens with zero attached hydrogens (tertiary/aromatic N) is 2. The number of fused-ring (bicyclic) bond motifs is 1. The summed E-state index contributed by atoms with van der Waals surface area (Å²) in [6.07, 6.45) is 2.01. The highest BCUT2D eigenvalue weighted by Gasteiger charge is 2.08. The maximum absolute atomic E-state index is 11.9. The van der Waals surface area contributed by atoms with Crippen LogP contribution in [0.2, 0.25) is 0 Å². The van der Waals surface area contributed by atoms with E-state index >= 15 is 0 Å². The normalized spacial score (nSPS) is 10.7. The number of nitrogens with one attached hydrogen (secondary N) is 2. The van der Waals surface area contributed by atoms with E-state index in [9.17, 15) is 4.79 Å². The van der Waals surface area contributed by atoms with Crippen molar-refractivity contribution in [2.45, 2.75) is 6.42 Å². The first-order valence-corrected chi connectivity index (χ1v) is 6.36. The van der Waals surface area contributed by atoms with E-state index in [0.717, 1.165) is 22.3 Å². The van der Waals surface area contributed by atoms with Crippen molar-refractivity contribution in [3.8, 4) is 0 Å². The molecule has 0 unspecified atom stereocenters. The summed E-state index contributed by atoms with van der Waals surface area (Å²) in [6, 6.07) is 5.67. The first-order valence-electron chi connectivity index (χ1n) is 5.42. The van der Waals surface area contributed by atoms with Gasteiger partial charge >= 0.3 is 0 Å². The molecule has 5 nitrogen and oxygen atoms in total. The zero-order chi connectivity index (χ0) is 12.4. The summed E-state index contributed by atoms with van der Waals surface area (Å²) in [5, 5.41) is 12.5. The van der Waals surface area contributed by atoms with Crippen molar-refractivity contribution >= 4 is 33.8 Å². The number of H-pyrrole nitrogens is 1. The van der Waals surface area contributed by atoms with E-state index < -0.39 is 0 Å². The maximum Gasteiger partial charge on any atom is 0.230 e. The van der Waals surface area contributed by atoms with E-state index in [1.54, 1.807) is 11.7 Å². The molecule has 18 heavy (non-hydrogen) atoms. The number of para-hydroxylation sites is 1. The minimum absolute atomic E-state index is 0.0806. The average molecular weight is 258 g/mol. The minimum Gasteiger partial charge on any atom is -0.324 e. The zero-order valence-electron chi connectivity index (χ0n) is 9.38. The smallest absolute Gasteiger partial charge is 0.230 e. The second-order valence-corrected chi connectivity index (χ2v) is 4.56. The number of carbonyl (C=O) groups excluding carboxylic acids is 1. The van der Waals surface area contributed by atoms with Gasteiger partial charge in [-0.3, -0.25) is 9.89 Å². The third-order valence-corrected chi connectivity index (χ3v) is 3.21. The first-order chi connectivity index (χ1) is 8.83. The molecule has 2 N–H and O–H groups in total. The predicted octanol–water partition coefficient (Wildman–Crippen LogP) is 2.20. The lowest BCUT2D eigenvalue weighted by Crippen LogP contribution is -2.14. The number of benzene rings is 1. The lowest BCUT2D eigenvalue weighted by molar-refractivity contribution is -0.115. The van der Waals surface area contributed by atoms with Gasteiger partial charge in [0.15, 0.2) is 0 Å². The summed E-state index contributed by atoms with van der Waals surface area (Å²) in [6.45, 7) is 0. The molecule has 3 aromatic rings. The van der Waals surface area contributed by atoms with Crippen LogP contribution in [0.25, 0.3) is 10.9 Å². The highest BCUT2D eigenvalue weighted by atomic mass is 32.1. The number of hydrogen-bond donors (Lipinski definition) is 2. The maximum atomic E-state index is 11.9. The third kappa shape index (κ3) is 2.10. The van der Waals surface area contributed by atoms with Crippen LogP contribution in [-0.2, 0) is 11.2 Å². The number of anilines is 1. The highest BCUT2D eigenvalue weighted by Crippen LogP contribution is 2.20. The van der Waals surface area contributed by atoms with Crippen LogP contribution in [-0.4, -0.2) is 21.1 Å². The van der Waals surface area contributed by atoms with Gasteiger partial charge in [0, 0.05) is 10.8 Å². The van der Waals surface area contributed by atoms with Crippen LogP contribution in [0.5, 0.6) is 0 Å². The van der Waals surface area contributed by atoms with Gasteiger partial charge in [0.1, 0.15) is 0 Å². The molecule has 2 heterocycles. The molecular formula is C12H10N4OS. The largest absolute Gasteiger partial charge is 0.324 e. The Balaban J connectivity index is 1.80. The Bertz CT molecular complexity index is 674. The Morgan fingerprint density at radius 3 is 3.22 bits per heavy atom. The molecule has 0 saturated heterocycles. The molecule has 6 heteroatoms. The Morgan fingerprint density at radius 1 is 1.44 bits per heavy atom. The van der Waals surface area contributed by atoms with Crippen molar-refractivity contribution in [3.05, 3.63) is 41.0 Å². The van der Waals surface area contributed by atoms with Crippen molar-refractivity contribution in [2.75, 3.05) is 5.32 Å². The van der Waals surface area contributed by atoms with E-state index in [4.69, 9.17) is 0 Å². The fraction of sp³-hybridized carbons (Fsp3) is 0.0833. The molecule has 90 valence electrons. The van der Waals surface area contributed by atoms with Gasteiger partial charge in [0.2, 0.25) is 5.91 Å². The second-order valence-electron chi connectivity index (χ2n) is 3.84. The summed E-state index contributed by atoms with van der Waals surface area (Å²) in [4.78, 5) is 16.0. The lowest BCUT2D eigenvalue weighted by Gasteiger charge is -2.04. The summed E-state index contributed by atoms with van der Waals surface area (Å²) < 4.78 is 0. The Hall–Kier alpha value is -2.21. The molecule has 0 saturated carbocycles. The van der Waals surface area contributed by atoms with Gasteiger partial charge < -0.3 is 5.32 Å².